The minimum Gasteiger partial charge on any atom is -0.494 e. The third-order valence-electron chi connectivity index (χ3n) is 10.0. The summed E-state index contributed by atoms with van der Waals surface area (Å²) in [5.74, 6) is 4.20. The fourth-order valence-electron chi connectivity index (χ4n) is 7.82. The van der Waals surface area contributed by atoms with Gasteiger partial charge in [0.15, 0.2) is 17.3 Å². The van der Waals surface area contributed by atoms with E-state index in [0.29, 0.717) is 64.3 Å². The van der Waals surface area contributed by atoms with Crippen molar-refractivity contribution in [2.75, 3.05) is 95.5 Å². The van der Waals surface area contributed by atoms with Gasteiger partial charge in [-0.2, -0.15) is 4.98 Å². The van der Waals surface area contributed by atoms with Gasteiger partial charge in [-0.3, -0.25) is 4.90 Å². The van der Waals surface area contributed by atoms with Crippen molar-refractivity contribution in [1.82, 2.24) is 19.8 Å². The Bertz CT molecular complexity index is 1680. The molecule has 3 saturated heterocycles. The highest BCUT2D eigenvalue weighted by molar-refractivity contribution is 7.70. The van der Waals surface area contributed by atoms with Crippen LogP contribution in [0.15, 0.2) is 30.5 Å². The molecule has 252 valence electrons. The number of likely N-dealkylation sites (tertiary alicyclic amines) is 2. The van der Waals surface area contributed by atoms with Gasteiger partial charge in [0.25, 0.3) is 0 Å². The lowest BCUT2D eigenvalue weighted by Crippen LogP contribution is -2.45. The quantitative estimate of drug-likeness (QED) is 0.298. The molecular weight excluding hydrogens is 637 g/mol. The Hall–Kier alpha value is -3.24. The van der Waals surface area contributed by atoms with Crippen molar-refractivity contribution in [3.8, 4) is 17.2 Å². The molecule has 2 aromatic carbocycles. The molecule has 1 aromatic heterocycles. The van der Waals surface area contributed by atoms with Crippen LogP contribution in [0.4, 0.5) is 28.8 Å². The maximum atomic E-state index is 13.4. The summed E-state index contributed by atoms with van der Waals surface area (Å²) in [6, 6.07) is 8.50. The van der Waals surface area contributed by atoms with Crippen LogP contribution in [-0.4, -0.2) is 106 Å². The molecule has 0 radical (unpaired) electrons. The molecule has 0 spiro atoms. The predicted octanol–water partition coefficient (Wildman–Crippen LogP) is 5.42. The maximum Gasteiger partial charge on any atom is 0.229 e. The first-order valence-electron chi connectivity index (χ1n) is 16.5. The Labute approximate surface area is 282 Å². The van der Waals surface area contributed by atoms with Gasteiger partial charge in [0.05, 0.1) is 30.0 Å². The van der Waals surface area contributed by atoms with Gasteiger partial charge >= 0.3 is 0 Å². The summed E-state index contributed by atoms with van der Waals surface area (Å²) in [5.41, 5.74) is 3.70. The number of hydrogen-bond acceptors (Lipinski definition) is 11. The van der Waals surface area contributed by atoms with Gasteiger partial charge in [-0.1, -0.05) is 11.6 Å². The molecule has 5 heterocycles. The number of ether oxygens (including phenoxy) is 3. The van der Waals surface area contributed by atoms with Crippen LogP contribution in [-0.2, 0) is 4.57 Å². The first-order chi connectivity index (χ1) is 22.6. The molecular formula is C34H45ClN7O4P. The van der Waals surface area contributed by atoms with E-state index in [2.05, 4.69) is 61.4 Å². The highest BCUT2D eigenvalue weighted by Crippen LogP contribution is 2.47. The van der Waals surface area contributed by atoms with Crippen LogP contribution in [0.2, 0.25) is 5.02 Å². The smallest absolute Gasteiger partial charge is 0.229 e. The average molecular weight is 682 g/mol. The number of fused-ring (bicyclic) bond motifs is 2. The molecule has 4 aliphatic rings. The molecule has 0 amide bonds. The van der Waals surface area contributed by atoms with E-state index in [4.69, 9.17) is 25.8 Å². The summed E-state index contributed by atoms with van der Waals surface area (Å²) in [4.78, 5) is 16.9. The molecule has 0 saturated carbocycles. The van der Waals surface area contributed by atoms with E-state index in [0.717, 1.165) is 36.2 Å². The lowest BCUT2D eigenvalue weighted by molar-refractivity contribution is 0.173. The van der Waals surface area contributed by atoms with Crippen molar-refractivity contribution < 1.29 is 18.8 Å². The van der Waals surface area contributed by atoms with Crippen LogP contribution in [0.5, 0.6) is 17.2 Å². The van der Waals surface area contributed by atoms with Crippen LogP contribution in [0.3, 0.4) is 0 Å². The molecule has 7 rings (SSSR count). The minimum atomic E-state index is -2.78. The Morgan fingerprint density at radius 3 is 2.43 bits per heavy atom. The molecule has 0 aliphatic carbocycles. The third kappa shape index (κ3) is 6.60. The van der Waals surface area contributed by atoms with E-state index in [9.17, 15) is 4.57 Å². The molecule has 2 N–H and O–H groups in total. The number of piperidine rings is 1. The first kappa shape index (κ1) is 32.3. The summed E-state index contributed by atoms with van der Waals surface area (Å²) in [7, 11) is 1.16. The van der Waals surface area contributed by atoms with Gasteiger partial charge in [0, 0.05) is 57.1 Å². The summed E-state index contributed by atoms with van der Waals surface area (Å²) < 4.78 is 30.9. The molecule has 3 fully saturated rings. The van der Waals surface area contributed by atoms with E-state index >= 15 is 0 Å². The van der Waals surface area contributed by atoms with Crippen molar-refractivity contribution in [2.45, 2.75) is 25.8 Å². The predicted molar refractivity (Wildman–Crippen MR) is 189 cm³/mol. The van der Waals surface area contributed by atoms with Gasteiger partial charge in [-0.05, 0) is 75.7 Å². The Morgan fingerprint density at radius 1 is 1.00 bits per heavy atom. The van der Waals surface area contributed by atoms with E-state index in [1.807, 2.05) is 6.07 Å². The minimum absolute atomic E-state index is 0.324. The van der Waals surface area contributed by atoms with Crippen molar-refractivity contribution in [1.29, 1.82) is 0 Å². The van der Waals surface area contributed by atoms with Crippen LogP contribution in [0.1, 0.15) is 18.4 Å². The third-order valence-corrected chi connectivity index (χ3v) is 11.8. The summed E-state index contributed by atoms with van der Waals surface area (Å²) >= 11 is 6.56. The highest BCUT2D eigenvalue weighted by atomic mass is 35.5. The second kappa shape index (κ2) is 13.0. The van der Waals surface area contributed by atoms with Gasteiger partial charge in [-0.25, -0.2) is 4.98 Å². The highest BCUT2D eigenvalue weighted by Gasteiger charge is 2.41. The van der Waals surface area contributed by atoms with Gasteiger partial charge in [-0.15, -0.1) is 0 Å². The zero-order valence-corrected chi connectivity index (χ0v) is 29.5. The lowest BCUT2D eigenvalue weighted by atomic mass is 10.0. The monoisotopic (exact) mass is 681 g/mol. The number of benzene rings is 2. The Balaban J connectivity index is 1.06. The van der Waals surface area contributed by atoms with Gasteiger partial charge in [0.1, 0.15) is 31.1 Å². The summed E-state index contributed by atoms with van der Waals surface area (Å²) in [5, 5.41) is 7.50. The molecule has 4 aliphatic heterocycles. The lowest BCUT2D eigenvalue weighted by Gasteiger charge is -2.39. The SMILES string of the molecule is COc1cc(N2CCC(N3C[C@H]4CN(C)C[C@H]4C3)CC2)c(C)cc1Nc1ncc(Cl)c(Nc2ccc3c(c2P(C)(C)=O)OCCO3)n1. The Kier molecular flexibility index (Phi) is 8.93. The number of hydrogen-bond donors (Lipinski definition) is 2. The molecule has 11 nitrogen and oxygen atoms in total. The van der Waals surface area contributed by atoms with Crippen molar-refractivity contribution >= 4 is 52.9 Å². The number of methoxy groups -OCH3 is 1. The second-order valence-electron chi connectivity index (χ2n) is 13.7. The first-order valence-corrected chi connectivity index (χ1v) is 19.5. The zero-order chi connectivity index (χ0) is 32.9. The van der Waals surface area contributed by atoms with Crippen LogP contribution >= 0.6 is 18.7 Å². The molecule has 2 atom stereocenters. The van der Waals surface area contributed by atoms with Crippen molar-refractivity contribution in [3.63, 3.8) is 0 Å². The van der Waals surface area contributed by atoms with Crippen molar-refractivity contribution in [3.05, 3.63) is 41.0 Å². The molecule has 0 bridgehead atoms. The summed E-state index contributed by atoms with van der Waals surface area (Å²) in [6.07, 6.45) is 3.90. The molecule has 3 aromatic rings. The normalized spacial score (nSPS) is 22.0. The average Bonchev–Trinajstić information content (AvgIpc) is 3.60. The van der Waals surface area contributed by atoms with Crippen LogP contribution < -0.4 is 35.0 Å². The van der Waals surface area contributed by atoms with E-state index in [-0.39, 0.29) is 0 Å². The summed E-state index contributed by atoms with van der Waals surface area (Å²) in [6.45, 7) is 13.5. The number of aromatic nitrogens is 2. The number of rotatable bonds is 8. The van der Waals surface area contributed by atoms with E-state index in [1.165, 1.54) is 50.9 Å². The number of halogens is 1. The van der Waals surface area contributed by atoms with Crippen molar-refractivity contribution in [2.24, 2.45) is 11.8 Å². The van der Waals surface area contributed by atoms with Crippen LogP contribution in [0.25, 0.3) is 0 Å². The standard InChI is InChI=1S/C34H45ClN7O4P/c1-21-14-27(30(44-3)15-28(21)41-10-8-24(9-11-41)42-19-22-17-40(2)18-23(22)20-42)38-34-36-16-25(35)33(39-34)37-26-6-7-29-31(46-13-12-45-29)32(26)47(4,5)43/h6-7,14-16,22-24H,8-13,17-20H2,1-5H3,(H2,36,37,38,39)/t22-,23+. The number of anilines is 5. The van der Waals surface area contributed by atoms with Crippen LogP contribution in [0, 0.1) is 18.8 Å². The number of aryl methyl sites for hydroxylation is 1. The largest absolute Gasteiger partial charge is 0.494 e. The number of nitrogens with zero attached hydrogens (tertiary/aromatic N) is 5. The van der Waals surface area contributed by atoms with Gasteiger partial charge < -0.3 is 39.2 Å². The maximum absolute atomic E-state index is 13.4. The Morgan fingerprint density at radius 2 is 1.72 bits per heavy atom. The zero-order valence-electron chi connectivity index (χ0n) is 27.9. The fourth-order valence-corrected chi connectivity index (χ4v) is 9.33. The topological polar surface area (TPSA) is 104 Å². The second-order valence-corrected chi connectivity index (χ2v) is 17.3. The molecule has 13 heteroatoms. The number of nitrogens with one attached hydrogen (secondary N) is 2. The van der Waals surface area contributed by atoms with E-state index in [1.54, 1.807) is 26.5 Å². The fraction of sp³-hybridized carbons (Fsp3) is 0.529. The van der Waals surface area contributed by atoms with E-state index < -0.39 is 7.14 Å². The molecule has 0 unspecified atom stereocenters. The molecule has 47 heavy (non-hydrogen) atoms. The van der Waals surface area contributed by atoms with Gasteiger partial charge in [0.2, 0.25) is 5.95 Å².